The second kappa shape index (κ2) is 9.31. The lowest BCUT2D eigenvalue weighted by Gasteiger charge is -2.26. The monoisotopic (exact) mass is 418 g/mol. The summed E-state index contributed by atoms with van der Waals surface area (Å²) in [4.78, 5) is 40.5. The smallest absolute Gasteiger partial charge is 0.325 e. The lowest BCUT2D eigenvalue weighted by atomic mass is 10.1. The van der Waals surface area contributed by atoms with Gasteiger partial charge in [0.25, 0.3) is 5.91 Å². The molecule has 2 N–H and O–H groups in total. The largest absolute Gasteiger partial charge is 0.454 e. The second-order valence-electron chi connectivity index (χ2n) is 7.48. The first-order valence-corrected chi connectivity index (χ1v) is 10.2. The molecule has 0 unspecified atom stereocenters. The zero-order valence-electron chi connectivity index (χ0n) is 16.7. The number of hydrogen-bond donors (Lipinski definition) is 2. The summed E-state index contributed by atoms with van der Waals surface area (Å²) >= 11 is 0. The summed E-state index contributed by atoms with van der Waals surface area (Å²) in [5.41, 5.74) is 0.746. The Hall–Kier alpha value is -2.85. The van der Waals surface area contributed by atoms with Crippen LogP contribution in [0, 0.1) is 0 Å². The quantitative estimate of drug-likeness (QED) is 0.454. The van der Waals surface area contributed by atoms with E-state index in [1.165, 1.54) is 0 Å². The maximum Gasteiger partial charge on any atom is 0.325 e. The average molecular weight is 418 g/mol. The lowest BCUT2D eigenvalue weighted by molar-refractivity contribution is -0.131. The number of benzene rings is 1. The van der Waals surface area contributed by atoms with E-state index < -0.39 is 18.0 Å². The van der Waals surface area contributed by atoms with Crippen molar-refractivity contribution in [1.29, 1.82) is 0 Å². The van der Waals surface area contributed by atoms with Gasteiger partial charge in [-0.2, -0.15) is 0 Å². The summed E-state index contributed by atoms with van der Waals surface area (Å²) in [5, 5.41) is 5.43. The zero-order valence-corrected chi connectivity index (χ0v) is 16.7. The molecule has 162 valence electrons. The summed E-state index contributed by atoms with van der Waals surface area (Å²) in [7, 11) is 0. The number of carbonyl (C=O) groups is 3. The summed E-state index contributed by atoms with van der Waals surface area (Å²) in [6, 6.07) is 3.94. The Labute approximate surface area is 174 Å². The van der Waals surface area contributed by atoms with Crippen molar-refractivity contribution in [1.82, 2.24) is 20.4 Å². The van der Waals surface area contributed by atoms with E-state index in [9.17, 15) is 14.4 Å². The first-order chi connectivity index (χ1) is 14.6. The van der Waals surface area contributed by atoms with E-state index in [1.54, 1.807) is 18.2 Å². The zero-order chi connectivity index (χ0) is 20.9. The van der Waals surface area contributed by atoms with Gasteiger partial charge in [-0.15, -0.1) is 0 Å². The summed E-state index contributed by atoms with van der Waals surface area (Å²) in [6.07, 6.45) is 0.757. The van der Waals surface area contributed by atoms with E-state index in [0.29, 0.717) is 18.0 Å². The molecule has 4 rings (SSSR count). The van der Waals surface area contributed by atoms with Crippen LogP contribution in [-0.2, 0) is 20.9 Å². The molecule has 10 nitrogen and oxygen atoms in total. The number of urea groups is 1. The molecule has 3 aliphatic heterocycles. The summed E-state index contributed by atoms with van der Waals surface area (Å²) < 4.78 is 15.9. The third-order valence-corrected chi connectivity index (χ3v) is 5.35. The van der Waals surface area contributed by atoms with Gasteiger partial charge in [0.1, 0.15) is 6.04 Å². The van der Waals surface area contributed by atoms with Gasteiger partial charge in [-0.1, -0.05) is 6.07 Å². The van der Waals surface area contributed by atoms with Gasteiger partial charge in [0.15, 0.2) is 11.5 Å². The van der Waals surface area contributed by atoms with Gasteiger partial charge in [-0.05, 0) is 30.7 Å². The van der Waals surface area contributed by atoms with Gasteiger partial charge in [0.2, 0.25) is 12.7 Å². The molecule has 0 radical (unpaired) electrons. The topological polar surface area (TPSA) is 109 Å². The molecule has 0 bridgehead atoms. The van der Waals surface area contributed by atoms with Crippen LogP contribution >= 0.6 is 0 Å². The van der Waals surface area contributed by atoms with E-state index in [2.05, 4.69) is 15.5 Å². The molecule has 0 saturated carbocycles. The molecule has 1 aromatic carbocycles. The predicted molar refractivity (Wildman–Crippen MR) is 105 cm³/mol. The highest BCUT2D eigenvalue weighted by atomic mass is 16.7. The van der Waals surface area contributed by atoms with Crippen LogP contribution in [0.2, 0.25) is 0 Å². The predicted octanol–water partition coefficient (Wildman–Crippen LogP) is 0.0643. The Kier molecular flexibility index (Phi) is 6.34. The average Bonchev–Trinajstić information content (AvgIpc) is 3.32. The molecule has 10 heteroatoms. The van der Waals surface area contributed by atoms with Crippen LogP contribution < -0.4 is 20.1 Å². The Balaban J connectivity index is 1.22. The second-order valence-corrected chi connectivity index (χ2v) is 7.48. The first-order valence-electron chi connectivity index (χ1n) is 10.2. The molecule has 0 spiro atoms. The van der Waals surface area contributed by atoms with Crippen molar-refractivity contribution in [2.75, 3.05) is 46.2 Å². The van der Waals surface area contributed by atoms with Crippen molar-refractivity contribution >= 4 is 17.8 Å². The molecule has 1 atom stereocenters. The fourth-order valence-electron chi connectivity index (χ4n) is 3.70. The molecule has 2 saturated heterocycles. The minimum atomic E-state index is -0.842. The SMILES string of the molecule is O=C(C[C@H]1NC(=O)N(Cc2ccc3c(c2)OCO3)C1=O)NCCCN1CCOCC1. The number of carbonyl (C=O) groups excluding carboxylic acids is 3. The summed E-state index contributed by atoms with van der Waals surface area (Å²) in [6.45, 7) is 5.02. The van der Waals surface area contributed by atoms with Gasteiger partial charge < -0.3 is 24.8 Å². The number of nitrogens with zero attached hydrogens (tertiary/aromatic N) is 2. The maximum atomic E-state index is 12.6. The van der Waals surface area contributed by atoms with Crippen molar-refractivity contribution < 1.29 is 28.6 Å². The van der Waals surface area contributed by atoms with Gasteiger partial charge in [0, 0.05) is 19.6 Å². The van der Waals surface area contributed by atoms with E-state index in [-0.39, 0.29) is 25.7 Å². The maximum absolute atomic E-state index is 12.6. The molecule has 30 heavy (non-hydrogen) atoms. The number of rotatable bonds is 8. The van der Waals surface area contributed by atoms with Gasteiger partial charge in [-0.25, -0.2) is 4.79 Å². The fraction of sp³-hybridized carbons (Fsp3) is 0.550. The first kappa shape index (κ1) is 20.4. The van der Waals surface area contributed by atoms with Crippen LogP contribution in [0.1, 0.15) is 18.4 Å². The number of nitrogens with one attached hydrogen (secondary N) is 2. The third kappa shape index (κ3) is 4.82. The molecular formula is C20H26N4O6. The van der Waals surface area contributed by atoms with Crippen LogP contribution in [0.4, 0.5) is 4.79 Å². The van der Waals surface area contributed by atoms with Crippen LogP contribution in [-0.4, -0.2) is 79.9 Å². The Morgan fingerprint density at radius 1 is 1.17 bits per heavy atom. The van der Waals surface area contributed by atoms with Crippen molar-refractivity contribution in [3.63, 3.8) is 0 Å². The Morgan fingerprint density at radius 3 is 2.80 bits per heavy atom. The highest BCUT2D eigenvalue weighted by molar-refractivity contribution is 6.05. The van der Waals surface area contributed by atoms with Crippen molar-refractivity contribution in [3.8, 4) is 11.5 Å². The van der Waals surface area contributed by atoms with Gasteiger partial charge >= 0.3 is 6.03 Å². The number of hydrogen-bond acceptors (Lipinski definition) is 7. The number of amides is 4. The van der Waals surface area contributed by atoms with Crippen LogP contribution in [0.25, 0.3) is 0 Å². The van der Waals surface area contributed by atoms with E-state index in [4.69, 9.17) is 14.2 Å². The molecule has 2 fully saturated rings. The van der Waals surface area contributed by atoms with E-state index >= 15 is 0 Å². The minimum Gasteiger partial charge on any atom is -0.454 e. The van der Waals surface area contributed by atoms with E-state index in [1.807, 2.05) is 0 Å². The van der Waals surface area contributed by atoms with E-state index in [0.717, 1.165) is 49.7 Å². The summed E-state index contributed by atoms with van der Waals surface area (Å²) in [5.74, 6) is 0.577. The normalized spacial score (nSPS) is 21.1. The standard InChI is InChI=1S/C20H26N4O6/c25-18(21-4-1-5-23-6-8-28-9-7-23)11-15-19(26)24(20(27)22-15)12-14-2-3-16-17(10-14)30-13-29-16/h2-3,10,15H,1,4-9,11-13H2,(H,21,25)(H,22,27)/t15-/m1/s1. The van der Waals surface area contributed by atoms with Crippen LogP contribution in [0.3, 0.4) is 0 Å². The van der Waals surface area contributed by atoms with Crippen LogP contribution in [0.5, 0.6) is 11.5 Å². The van der Waals surface area contributed by atoms with Crippen molar-refractivity contribution in [2.24, 2.45) is 0 Å². The molecular weight excluding hydrogens is 392 g/mol. The molecule has 1 aromatic rings. The Bertz CT molecular complexity index is 810. The molecule has 3 heterocycles. The number of fused-ring (bicyclic) bond motifs is 1. The minimum absolute atomic E-state index is 0.0697. The molecule has 0 aliphatic carbocycles. The molecule has 0 aromatic heterocycles. The molecule has 3 aliphatic rings. The van der Waals surface area contributed by atoms with Gasteiger partial charge in [0.05, 0.1) is 26.2 Å². The highest BCUT2D eigenvalue weighted by Gasteiger charge is 2.39. The third-order valence-electron chi connectivity index (χ3n) is 5.35. The number of morpholine rings is 1. The van der Waals surface area contributed by atoms with Crippen molar-refractivity contribution in [3.05, 3.63) is 23.8 Å². The van der Waals surface area contributed by atoms with Gasteiger partial charge in [-0.3, -0.25) is 19.4 Å². The van der Waals surface area contributed by atoms with Crippen LogP contribution in [0.15, 0.2) is 18.2 Å². The number of ether oxygens (including phenoxy) is 3. The fourth-order valence-corrected chi connectivity index (χ4v) is 3.70. The highest BCUT2D eigenvalue weighted by Crippen LogP contribution is 2.33. The van der Waals surface area contributed by atoms with Crippen molar-refractivity contribution in [2.45, 2.75) is 25.4 Å². The molecule has 4 amide bonds. The number of imide groups is 1. The lowest BCUT2D eigenvalue weighted by Crippen LogP contribution is -2.39. The Morgan fingerprint density at radius 2 is 1.97 bits per heavy atom.